The van der Waals surface area contributed by atoms with Gasteiger partial charge in [0.2, 0.25) is 0 Å². The van der Waals surface area contributed by atoms with Crippen molar-refractivity contribution in [3.63, 3.8) is 0 Å². The standard InChI is InChI=1S/C10H14O2/c1-7-5-3-4-6-9(7)10(12)8(2)11/h3-6,8,10-12H,1-2H3. The summed E-state index contributed by atoms with van der Waals surface area (Å²) < 4.78 is 0. The lowest BCUT2D eigenvalue weighted by Crippen LogP contribution is -2.14. The van der Waals surface area contributed by atoms with E-state index in [1.54, 1.807) is 6.92 Å². The van der Waals surface area contributed by atoms with Gasteiger partial charge in [0.1, 0.15) is 6.10 Å². The predicted molar refractivity (Wildman–Crippen MR) is 47.8 cm³/mol. The Morgan fingerprint density at radius 2 is 1.75 bits per heavy atom. The largest absolute Gasteiger partial charge is 0.390 e. The van der Waals surface area contributed by atoms with Crippen molar-refractivity contribution < 1.29 is 10.2 Å². The van der Waals surface area contributed by atoms with E-state index in [1.165, 1.54) is 0 Å². The van der Waals surface area contributed by atoms with Crippen molar-refractivity contribution in [2.24, 2.45) is 0 Å². The molecule has 0 aliphatic rings. The number of hydrogen-bond donors (Lipinski definition) is 2. The molecule has 0 heterocycles. The molecule has 0 fully saturated rings. The van der Waals surface area contributed by atoms with Gasteiger partial charge in [-0.2, -0.15) is 0 Å². The van der Waals surface area contributed by atoms with Crippen LogP contribution in [0.1, 0.15) is 24.2 Å². The molecule has 2 unspecified atom stereocenters. The van der Waals surface area contributed by atoms with Crippen LogP contribution in [0, 0.1) is 6.92 Å². The molecular formula is C10H14O2. The normalized spacial score (nSPS) is 15.7. The molecule has 0 saturated carbocycles. The summed E-state index contributed by atoms with van der Waals surface area (Å²) in [5.74, 6) is 0. The van der Waals surface area contributed by atoms with Crippen LogP contribution in [-0.2, 0) is 0 Å². The molecule has 66 valence electrons. The lowest BCUT2D eigenvalue weighted by molar-refractivity contribution is 0.0301. The molecule has 2 heteroatoms. The molecule has 2 atom stereocenters. The van der Waals surface area contributed by atoms with Crippen LogP contribution in [-0.4, -0.2) is 16.3 Å². The molecule has 1 rings (SSSR count). The number of aliphatic hydroxyl groups excluding tert-OH is 2. The van der Waals surface area contributed by atoms with Crippen LogP contribution >= 0.6 is 0 Å². The summed E-state index contributed by atoms with van der Waals surface area (Å²) in [7, 11) is 0. The Kier molecular flexibility index (Phi) is 2.84. The zero-order valence-electron chi connectivity index (χ0n) is 7.36. The Labute approximate surface area is 72.5 Å². The quantitative estimate of drug-likeness (QED) is 0.697. The molecular weight excluding hydrogens is 152 g/mol. The Bertz CT molecular complexity index is 256. The number of aliphatic hydroxyl groups is 2. The number of benzene rings is 1. The number of rotatable bonds is 2. The third-order valence-electron chi connectivity index (χ3n) is 1.96. The monoisotopic (exact) mass is 166 g/mol. The van der Waals surface area contributed by atoms with E-state index in [9.17, 15) is 5.11 Å². The first-order valence-electron chi connectivity index (χ1n) is 4.04. The van der Waals surface area contributed by atoms with Gasteiger partial charge >= 0.3 is 0 Å². The summed E-state index contributed by atoms with van der Waals surface area (Å²) in [5, 5.41) is 18.7. The van der Waals surface area contributed by atoms with Crippen LogP contribution in [0.3, 0.4) is 0 Å². The van der Waals surface area contributed by atoms with E-state index in [0.717, 1.165) is 11.1 Å². The average molecular weight is 166 g/mol. The van der Waals surface area contributed by atoms with Gasteiger partial charge in [-0.05, 0) is 25.0 Å². The number of hydrogen-bond acceptors (Lipinski definition) is 2. The third kappa shape index (κ3) is 1.84. The molecule has 0 spiro atoms. The Morgan fingerprint density at radius 1 is 1.17 bits per heavy atom. The molecule has 0 aromatic heterocycles. The Balaban J connectivity index is 2.94. The lowest BCUT2D eigenvalue weighted by atomic mass is 10.0. The highest BCUT2D eigenvalue weighted by molar-refractivity contribution is 5.28. The van der Waals surface area contributed by atoms with Crippen LogP contribution < -0.4 is 0 Å². The van der Waals surface area contributed by atoms with E-state index in [0.29, 0.717) is 0 Å². The van der Waals surface area contributed by atoms with Gasteiger partial charge in [-0.3, -0.25) is 0 Å². The summed E-state index contributed by atoms with van der Waals surface area (Å²) in [6.45, 7) is 3.50. The fraction of sp³-hybridized carbons (Fsp3) is 0.400. The summed E-state index contributed by atoms with van der Waals surface area (Å²) in [4.78, 5) is 0. The second-order valence-corrected chi connectivity index (χ2v) is 3.04. The summed E-state index contributed by atoms with van der Waals surface area (Å²) >= 11 is 0. The molecule has 0 aliphatic heterocycles. The molecule has 2 nitrogen and oxygen atoms in total. The molecule has 0 amide bonds. The average Bonchev–Trinajstić information content (AvgIpc) is 2.04. The molecule has 2 N–H and O–H groups in total. The summed E-state index contributed by atoms with van der Waals surface area (Å²) in [5.41, 5.74) is 1.80. The molecule has 1 aromatic carbocycles. The zero-order valence-corrected chi connectivity index (χ0v) is 7.36. The second kappa shape index (κ2) is 3.70. The smallest absolute Gasteiger partial charge is 0.105 e. The molecule has 12 heavy (non-hydrogen) atoms. The minimum absolute atomic E-state index is 0.717. The zero-order chi connectivity index (χ0) is 9.14. The van der Waals surface area contributed by atoms with Crippen molar-refractivity contribution in [1.29, 1.82) is 0 Å². The molecule has 0 bridgehead atoms. The first-order chi connectivity index (χ1) is 5.63. The lowest BCUT2D eigenvalue weighted by Gasteiger charge is -2.15. The van der Waals surface area contributed by atoms with Gasteiger partial charge in [-0.1, -0.05) is 24.3 Å². The van der Waals surface area contributed by atoms with E-state index < -0.39 is 12.2 Å². The molecule has 0 aliphatic carbocycles. The van der Waals surface area contributed by atoms with E-state index in [2.05, 4.69) is 0 Å². The fourth-order valence-electron chi connectivity index (χ4n) is 1.18. The Hall–Kier alpha value is -0.860. The first-order valence-corrected chi connectivity index (χ1v) is 4.04. The highest BCUT2D eigenvalue weighted by Gasteiger charge is 2.14. The van der Waals surface area contributed by atoms with Gasteiger partial charge in [0, 0.05) is 0 Å². The van der Waals surface area contributed by atoms with E-state index >= 15 is 0 Å². The fourth-order valence-corrected chi connectivity index (χ4v) is 1.18. The third-order valence-corrected chi connectivity index (χ3v) is 1.96. The highest BCUT2D eigenvalue weighted by Crippen LogP contribution is 2.19. The summed E-state index contributed by atoms with van der Waals surface area (Å²) in [6, 6.07) is 7.51. The highest BCUT2D eigenvalue weighted by atomic mass is 16.3. The van der Waals surface area contributed by atoms with Gasteiger partial charge in [0.25, 0.3) is 0 Å². The van der Waals surface area contributed by atoms with Crippen molar-refractivity contribution in [1.82, 2.24) is 0 Å². The van der Waals surface area contributed by atoms with Crippen LogP contribution in [0.15, 0.2) is 24.3 Å². The van der Waals surface area contributed by atoms with Gasteiger partial charge < -0.3 is 10.2 Å². The van der Waals surface area contributed by atoms with Crippen LogP contribution in [0.25, 0.3) is 0 Å². The maximum Gasteiger partial charge on any atom is 0.105 e. The van der Waals surface area contributed by atoms with Gasteiger partial charge in [-0.25, -0.2) is 0 Å². The van der Waals surface area contributed by atoms with Gasteiger partial charge in [-0.15, -0.1) is 0 Å². The van der Waals surface area contributed by atoms with Crippen molar-refractivity contribution in [2.75, 3.05) is 0 Å². The molecule has 1 aromatic rings. The van der Waals surface area contributed by atoms with Crippen molar-refractivity contribution in [3.05, 3.63) is 35.4 Å². The van der Waals surface area contributed by atoms with E-state index in [1.807, 2.05) is 31.2 Å². The predicted octanol–water partition coefficient (Wildman–Crippen LogP) is 1.41. The van der Waals surface area contributed by atoms with Crippen molar-refractivity contribution in [3.8, 4) is 0 Å². The van der Waals surface area contributed by atoms with Crippen molar-refractivity contribution in [2.45, 2.75) is 26.1 Å². The van der Waals surface area contributed by atoms with Gasteiger partial charge in [0.15, 0.2) is 0 Å². The summed E-state index contributed by atoms with van der Waals surface area (Å²) in [6.07, 6.45) is -1.49. The molecule has 0 radical (unpaired) electrons. The van der Waals surface area contributed by atoms with E-state index in [-0.39, 0.29) is 0 Å². The molecule has 0 saturated heterocycles. The number of aryl methyl sites for hydroxylation is 1. The van der Waals surface area contributed by atoms with Crippen LogP contribution in [0.2, 0.25) is 0 Å². The maximum atomic E-state index is 9.53. The second-order valence-electron chi connectivity index (χ2n) is 3.04. The van der Waals surface area contributed by atoms with Crippen LogP contribution in [0.5, 0.6) is 0 Å². The van der Waals surface area contributed by atoms with Gasteiger partial charge in [0.05, 0.1) is 6.10 Å². The maximum absolute atomic E-state index is 9.53. The minimum Gasteiger partial charge on any atom is -0.390 e. The SMILES string of the molecule is Cc1ccccc1C(O)C(C)O. The van der Waals surface area contributed by atoms with Crippen molar-refractivity contribution >= 4 is 0 Å². The van der Waals surface area contributed by atoms with E-state index in [4.69, 9.17) is 5.11 Å². The topological polar surface area (TPSA) is 40.5 Å². The van der Waals surface area contributed by atoms with Crippen LogP contribution in [0.4, 0.5) is 0 Å². The minimum atomic E-state index is -0.772. The first kappa shape index (κ1) is 9.23. The Morgan fingerprint density at radius 3 is 2.25 bits per heavy atom.